The minimum absolute atomic E-state index is 0.148. The van der Waals surface area contributed by atoms with Crippen LogP contribution in [-0.4, -0.2) is 41.0 Å². The third-order valence-corrected chi connectivity index (χ3v) is 2.66. The van der Waals surface area contributed by atoms with Gasteiger partial charge in [0.15, 0.2) is 0 Å². The summed E-state index contributed by atoms with van der Waals surface area (Å²) < 4.78 is 0. The molecule has 2 unspecified atom stereocenters. The summed E-state index contributed by atoms with van der Waals surface area (Å²) >= 11 is 0. The number of hydrogen-bond donors (Lipinski definition) is 2. The summed E-state index contributed by atoms with van der Waals surface area (Å²) in [6.45, 7) is 2.19. The molecule has 3 N–H and O–H groups in total. The standard InChI is InChI=1S/C9H16N2O3/c1-2-7(8(10)13)11-4-3-6(5-12)9(11)14/h6-7,12H,2-5H2,1H3,(H2,10,13). The van der Waals surface area contributed by atoms with Crippen LogP contribution in [0.2, 0.25) is 0 Å². The monoisotopic (exact) mass is 200 g/mol. The Morgan fingerprint density at radius 1 is 1.79 bits per heavy atom. The lowest BCUT2D eigenvalue weighted by molar-refractivity contribution is -0.139. The van der Waals surface area contributed by atoms with Crippen molar-refractivity contribution in [3.63, 3.8) is 0 Å². The molecular weight excluding hydrogens is 184 g/mol. The first kappa shape index (κ1) is 11.0. The van der Waals surface area contributed by atoms with E-state index in [9.17, 15) is 9.59 Å². The largest absolute Gasteiger partial charge is 0.396 e. The molecule has 1 rings (SSSR count). The maximum Gasteiger partial charge on any atom is 0.240 e. The number of carbonyl (C=O) groups excluding carboxylic acids is 2. The molecule has 0 bridgehead atoms. The summed E-state index contributed by atoms with van der Waals surface area (Å²) in [5, 5.41) is 8.88. The van der Waals surface area contributed by atoms with E-state index in [1.165, 1.54) is 4.90 Å². The van der Waals surface area contributed by atoms with E-state index in [-0.39, 0.29) is 18.4 Å². The highest BCUT2D eigenvalue weighted by Gasteiger charge is 2.36. The lowest BCUT2D eigenvalue weighted by atomic mass is 10.1. The van der Waals surface area contributed by atoms with Crippen LogP contribution in [0, 0.1) is 5.92 Å². The van der Waals surface area contributed by atoms with Crippen molar-refractivity contribution in [3.8, 4) is 0 Å². The van der Waals surface area contributed by atoms with Gasteiger partial charge in [0.05, 0.1) is 12.5 Å². The smallest absolute Gasteiger partial charge is 0.240 e. The van der Waals surface area contributed by atoms with E-state index in [4.69, 9.17) is 10.8 Å². The Labute approximate surface area is 82.9 Å². The number of rotatable bonds is 4. The van der Waals surface area contributed by atoms with Crippen molar-refractivity contribution in [1.82, 2.24) is 4.90 Å². The van der Waals surface area contributed by atoms with Gasteiger partial charge in [-0.3, -0.25) is 9.59 Å². The summed E-state index contributed by atoms with van der Waals surface area (Å²) in [5.41, 5.74) is 5.18. The highest BCUT2D eigenvalue weighted by Crippen LogP contribution is 2.20. The number of aliphatic hydroxyl groups excluding tert-OH is 1. The Balaban J connectivity index is 2.70. The topological polar surface area (TPSA) is 83.6 Å². The molecule has 0 aliphatic carbocycles. The van der Waals surface area contributed by atoms with E-state index in [1.54, 1.807) is 0 Å². The van der Waals surface area contributed by atoms with Crippen LogP contribution in [0.25, 0.3) is 0 Å². The highest BCUT2D eigenvalue weighted by molar-refractivity contribution is 5.88. The van der Waals surface area contributed by atoms with Crippen molar-refractivity contribution in [2.24, 2.45) is 11.7 Å². The molecule has 5 nitrogen and oxygen atoms in total. The first-order chi connectivity index (χ1) is 6.61. The maximum atomic E-state index is 11.6. The van der Waals surface area contributed by atoms with Crippen LogP contribution >= 0.6 is 0 Å². The molecule has 80 valence electrons. The van der Waals surface area contributed by atoms with E-state index < -0.39 is 11.9 Å². The van der Waals surface area contributed by atoms with Crippen LogP contribution in [0.3, 0.4) is 0 Å². The number of amides is 2. The van der Waals surface area contributed by atoms with E-state index >= 15 is 0 Å². The summed E-state index contributed by atoms with van der Waals surface area (Å²) in [5.74, 6) is -0.971. The molecule has 0 aromatic carbocycles. The Morgan fingerprint density at radius 2 is 2.43 bits per heavy atom. The first-order valence-corrected chi connectivity index (χ1v) is 4.82. The fraction of sp³-hybridized carbons (Fsp3) is 0.778. The predicted octanol–water partition coefficient (Wildman–Crippen LogP) is -0.909. The molecule has 0 radical (unpaired) electrons. The molecule has 0 aromatic rings. The van der Waals surface area contributed by atoms with E-state index in [2.05, 4.69) is 0 Å². The normalized spacial score (nSPS) is 24.0. The molecule has 2 amide bonds. The van der Waals surface area contributed by atoms with Gasteiger partial charge in [-0.25, -0.2) is 0 Å². The lowest BCUT2D eigenvalue weighted by Crippen LogP contribution is -2.45. The Hall–Kier alpha value is -1.10. The summed E-state index contributed by atoms with van der Waals surface area (Å²) in [6.07, 6.45) is 1.14. The number of nitrogens with two attached hydrogens (primary N) is 1. The molecule has 0 saturated carbocycles. The van der Waals surface area contributed by atoms with Crippen molar-refractivity contribution < 1.29 is 14.7 Å². The minimum atomic E-state index is -0.515. The Morgan fingerprint density at radius 3 is 2.79 bits per heavy atom. The number of carbonyl (C=O) groups is 2. The third kappa shape index (κ3) is 1.87. The molecule has 2 atom stereocenters. The van der Waals surface area contributed by atoms with E-state index in [0.717, 1.165) is 0 Å². The number of likely N-dealkylation sites (tertiary alicyclic amines) is 1. The van der Waals surface area contributed by atoms with Gasteiger partial charge in [0, 0.05) is 6.54 Å². The molecule has 0 spiro atoms. The summed E-state index contributed by atoms with van der Waals surface area (Å²) in [7, 11) is 0. The zero-order valence-electron chi connectivity index (χ0n) is 8.27. The van der Waals surface area contributed by atoms with Crippen LogP contribution in [0.1, 0.15) is 19.8 Å². The van der Waals surface area contributed by atoms with Gasteiger partial charge in [0.25, 0.3) is 0 Å². The van der Waals surface area contributed by atoms with Crippen molar-refractivity contribution in [2.45, 2.75) is 25.8 Å². The van der Waals surface area contributed by atoms with Crippen molar-refractivity contribution >= 4 is 11.8 Å². The second-order valence-corrected chi connectivity index (χ2v) is 3.53. The molecule has 1 heterocycles. The molecule has 5 heteroatoms. The van der Waals surface area contributed by atoms with Gasteiger partial charge in [-0.15, -0.1) is 0 Å². The van der Waals surface area contributed by atoms with Gasteiger partial charge >= 0.3 is 0 Å². The summed E-state index contributed by atoms with van der Waals surface area (Å²) in [6, 6.07) is -0.515. The number of nitrogens with zero attached hydrogens (tertiary/aromatic N) is 1. The Bertz CT molecular complexity index is 242. The average Bonchev–Trinajstić information content (AvgIpc) is 2.49. The van der Waals surface area contributed by atoms with Crippen LogP contribution in [-0.2, 0) is 9.59 Å². The van der Waals surface area contributed by atoms with Gasteiger partial charge in [0.2, 0.25) is 11.8 Å². The number of aliphatic hydroxyl groups is 1. The second-order valence-electron chi connectivity index (χ2n) is 3.53. The SMILES string of the molecule is CCC(C(N)=O)N1CCC(CO)C1=O. The fourth-order valence-corrected chi connectivity index (χ4v) is 1.82. The predicted molar refractivity (Wildman–Crippen MR) is 50.2 cm³/mol. The quantitative estimate of drug-likeness (QED) is 0.616. The van der Waals surface area contributed by atoms with Crippen LogP contribution in [0.5, 0.6) is 0 Å². The van der Waals surface area contributed by atoms with Gasteiger partial charge in [-0.2, -0.15) is 0 Å². The zero-order valence-corrected chi connectivity index (χ0v) is 8.27. The summed E-state index contributed by atoms with van der Waals surface area (Å²) in [4.78, 5) is 24.1. The zero-order chi connectivity index (χ0) is 10.7. The van der Waals surface area contributed by atoms with Crippen LogP contribution in [0.4, 0.5) is 0 Å². The molecule has 1 fully saturated rings. The molecular formula is C9H16N2O3. The van der Waals surface area contributed by atoms with Crippen LogP contribution < -0.4 is 5.73 Å². The van der Waals surface area contributed by atoms with Gasteiger partial charge in [0.1, 0.15) is 6.04 Å². The highest BCUT2D eigenvalue weighted by atomic mass is 16.3. The average molecular weight is 200 g/mol. The number of primary amides is 1. The third-order valence-electron chi connectivity index (χ3n) is 2.66. The van der Waals surface area contributed by atoms with Crippen molar-refractivity contribution in [2.75, 3.05) is 13.2 Å². The van der Waals surface area contributed by atoms with E-state index in [0.29, 0.717) is 19.4 Å². The Kier molecular flexibility index (Phi) is 3.46. The first-order valence-electron chi connectivity index (χ1n) is 4.82. The second kappa shape index (κ2) is 4.41. The van der Waals surface area contributed by atoms with Gasteiger partial charge < -0.3 is 15.7 Å². The molecule has 1 aliphatic heterocycles. The van der Waals surface area contributed by atoms with Gasteiger partial charge in [-0.05, 0) is 12.8 Å². The molecule has 14 heavy (non-hydrogen) atoms. The van der Waals surface area contributed by atoms with Crippen molar-refractivity contribution in [1.29, 1.82) is 0 Å². The number of hydrogen-bond acceptors (Lipinski definition) is 3. The fourth-order valence-electron chi connectivity index (χ4n) is 1.82. The van der Waals surface area contributed by atoms with Crippen LogP contribution in [0.15, 0.2) is 0 Å². The lowest BCUT2D eigenvalue weighted by Gasteiger charge is -2.24. The van der Waals surface area contributed by atoms with E-state index in [1.807, 2.05) is 6.92 Å². The molecule has 0 aromatic heterocycles. The van der Waals surface area contributed by atoms with Gasteiger partial charge in [-0.1, -0.05) is 6.92 Å². The molecule has 1 saturated heterocycles. The maximum absolute atomic E-state index is 11.6. The molecule has 1 aliphatic rings. The minimum Gasteiger partial charge on any atom is -0.396 e. The van der Waals surface area contributed by atoms with Crippen molar-refractivity contribution in [3.05, 3.63) is 0 Å².